The SMILES string of the molecule is COc1ccc(Cn2cc3cc(NC(=O)OC(C)(C)C)ccc3n2)cc1. The van der Waals surface area contributed by atoms with E-state index < -0.39 is 11.7 Å². The number of rotatable bonds is 4. The Hall–Kier alpha value is -3.02. The summed E-state index contributed by atoms with van der Waals surface area (Å²) >= 11 is 0. The molecule has 0 saturated heterocycles. The van der Waals surface area contributed by atoms with Gasteiger partial charge in [0.1, 0.15) is 11.4 Å². The Labute approximate surface area is 152 Å². The van der Waals surface area contributed by atoms with Crippen LogP contribution in [0.15, 0.2) is 48.7 Å². The highest BCUT2D eigenvalue weighted by Gasteiger charge is 2.16. The van der Waals surface area contributed by atoms with Crippen molar-refractivity contribution in [3.8, 4) is 5.75 Å². The zero-order chi connectivity index (χ0) is 18.7. The van der Waals surface area contributed by atoms with Crippen LogP contribution in [0, 0.1) is 0 Å². The second-order valence-electron chi connectivity index (χ2n) is 7.08. The molecule has 1 amide bonds. The molecule has 0 unspecified atom stereocenters. The summed E-state index contributed by atoms with van der Waals surface area (Å²) in [6, 6.07) is 13.5. The van der Waals surface area contributed by atoms with E-state index in [0.29, 0.717) is 12.2 Å². The number of aromatic nitrogens is 2. The first-order valence-corrected chi connectivity index (χ1v) is 8.42. The van der Waals surface area contributed by atoms with Gasteiger partial charge in [-0.05, 0) is 56.7 Å². The van der Waals surface area contributed by atoms with Gasteiger partial charge in [0.25, 0.3) is 0 Å². The van der Waals surface area contributed by atoms with Crippen LogP contribution in [0.1, 0.15) is 26.3 Å². The molecule has 26 heavy (non-hydrogen) atoms. The third-order valence-electron chi connectivity index (χ3n) is 3.70. The molecule has 0 aliphatic carbocycles. The van der Waals surface area contributed by atoms with E-state index in [1.165, 1.54) is 0 Å². The van der Waals surface area contributed by atoms with Crippen molar-refractivity contribution in [2.24, 2.45) is 0 Å². The number of hydrogen-bond acceptors (Lipinski definition) is 4. The van der Waals surface area contributed by atoms with Crippen LogP contribution in [0.2, 0.25) is 0 Å². The second kappa shape index (κ2) is 7.07. The van der Waals surface area contributed by atoms with Gasteiger partial charge in [0.2, 0.25) is 0 Å². The standard InChI is InChI=1S/C20H23N3O3/c1-20(2,3)26-19(24)21-16-7-10-18-15(11-16)13-23(22-18)12-14-5-8-17(25-4)9-6-14/h5-11,13H,12H2,1-4H3,(H,21,24). The number of carbonyl (C=O) groups is 1. The lowest BCUT2D eigenvalue weighted by Crippen LogP contribution is -2.27. The molecule has 0 saturated carbocycles. The zero-order valence-corrected chi connectivity index (χ0v) is 15.4. The molecule has 0 atom stereocenters. The fourth-order valence-corrected chi connectivity index (χ4v) is 2.58. The lowest BCUT2D eigenvalue weighted by atomic mass is 10.2. The maximum atomic E-state index is 11.9. The summed E-state index contributed by atoms with van der Waals surface area (Å²) in [7, 11) is 1.65. The second-order valence-corrected chi connectivity index (χ2v) is 7.08. The van der Waals surface area contributed by atoms with E-state index in [1.54, 1.807) is 7.11 Å². The van der Waals surface area contributed by atoms with Crippen LogP contribution in [0.3, 0.4) is 0 Å². The maximum Gasteiger partial charge on any atom is 0.412 e. The zero-order valence-electron chi connectivity index (χ0n) is 15.4. The number of ether oxygens (including phenoxy) is 2. The van der Waals surface area contributed by atoms with E-state index in [0.717, 1.165) is 22.2 Å². The molecule has 2 aromatic carbocycles. The smallest absolute Gasteiger partial charge is 0.412 e. The molecule has 0 aliphatic rings. The number of methoxy groups -OCH3 is 1. The van der Waals surface area contributed by atoms with Crippen molar-refractivity contribution in [3.05, 3.63) is 54.2 Å². The monoisotopic (exact) mass is 353 g/mol. The Morgan fingerprint density at radius 1 is 1.15 bits per heavy atom. The highest BCUT2D eigenvalue weighted by atomic mass is 16.6. The van der Waals surface area contributed by atoms with Crippen molar-refractivity contribution in [1.82, 2.24) is 9.78 Å². The number of fused-ring (bicyclic) bond motifs is 1. The molecular formula is C20H23N3O3. The van der Waals surface area contributed by atoms with Crippen LogP contribution in [-0.4, -0.2) is 28.6 Å². The Morgan fingerprint density at radius 3 is 2.54 bits per heavy atom. The molecule has 0 fully saturated rings. The van der Waals surface area contributed by atoms with Crippen molar-refractivity contribution < 1.29 is 14.3 Å². The summed E-state index contributed by atoms with van der Waals surface area (Å²) < 4.78 is 12.3. The summed E-state index contributed by atoms with van der Waals surface area (Å²) in [5, 5.41) is 8.27. The molecule has 6 nitrogen and oxygen atoms in total. The van der Waals surface area contributed by atoms with Gasteiger partial charge in [-0.15, -0.1) is 0 Å². The number of nitrogens with zero attached hydrogens (tertiary/aromatic N) is 2. The van der Waals surface area contributed by atoms with Crippen LogP contribution < -0.4 is 10.1 Å². The van der Waals surface area contributed by atoms with Gasteiger partial charge in [-0.3, -0.25) is 10.00 Å². The first kappa shape index (κ1) is 17.8. The molecule has 1 heterocycles. The van der Waals surface area contributed by atoms with E-state index >= 15 is 0 Å². The van der Waals surface area contributed by atoms with Gasteiger partial charge in [-0.1, -0.05) is 12.1 Å². The average Bonchev–Trinajstić information content (AvgIpc) is 2.95. The van der Waals surface area contributed by atoms with Crippen LogP contribution in [0.4, 0.5) is 10.5 Å². The summed E-state index contributed by atoms with van der Waals surface area (Å²) in [6.45, 7) is 6.16. The van der Waals surface area contributed by atoms with Gasteiger partial charge in [0.15, 0.2) is 0 Å². The number of nitrogens with one attached hydrogen (secondary N) is 1. The Balaban J connectivity index is 1.73. The quantitative estimate of drug-likeness (QED) is 0.753. The molecule has 3 rings (SSSR count). The Morgan fingerprint density at radius 2 is 1.88 bits per heavy atom. The van der Waals surface area contributed by atoms with Gasteiger partial charge >= 0.3 is 6.09 Å². The molecule has 6 heteroatoms. The highest BCUT2D eigenvalue weighted by molar-refractivity contribution is 5.89. The summed E-state index contributed by atoms with van der Waals surface area (Å²) in [6.07, 6.45) is 1.49. The van der Waals surface area contributed by atoms with Crippen LogP contribution in [0.5, 0.6) is 5.75 Å². The molecule has 0 bridgehead atoms. The fraction of sp³-hybridized carbons (Fsp3) is 0.300. The van der Waals surface area contributed by atoms with Crippen molar-refractivity contribution in [2.45, 2.75) is 32.9 Å². The molecule has 1 aromatic heterocycles. The van der Waals surface area contributed by atoms with Gasteiger partial charge < -0.3 is 9.47 Å². The Bertz CT molecular complexity index is 908. The number of anilines is 1. The van der Waals surface area contributed by atoms with Gasteiger partial charge in [-0.25, -0.2) is 4.79 Å². The third-order valence-corrected chi connectivity index (χ3v) is 3.70. The lowest BCUT2D eigenvalue weighted by molar-refractivity contribution is 0.0636. The van der Waals surface area contributed by atoms with E-state index in [9.17, 15) is 4.79 Å². The van der Waals surface area contributed by atoms with E-state index in [2.05, 4.69) is 10.4 Å². The third kappa shape index (κ3) is 4.53. The van der Waals surface area contributed by atoms with Crippen molar-refractivity contribution >= 4 is 22.7 Å². The van der Waals surface area contributed by atoms with Crippen LogP contribution in [0.25, 0.3) is 10.9 Å². The summed E-state index contributed by atoms with van der Waals surface area (Å²) in [4.78, 5) is 11.9. The molecule has 1 N–H and O–H groups in total. The summed E-state index contributed by atoms with van der Waals surface area (Å²) in [5.41, 5.74) is 2.15. The average molecular weight is 353 g/mol. The molecule has 0 radical (unpaired) electrons. The fourth-order valence-electron chi connectivity index (χ4n) is 2.58. The Kier molecular flexibility index (Phi) is 4.84. The van der Waals surface area contributed by atoms with E-state index in [4.69, 9.17) is 9.47 Å². The summed E-state index contributed by atoms with van der Waals surface area (Å²) in [5.74, 6) is 0.831. The predicted molar refractivity (Wildman–Crippen MR) is 102 cm³/mol. The predicted octanol–water partition coefficient (Wildman–Crippen LogP) is 4.44. The molecule has 3 aromatic rings. The van der Waals surface area contributed by atoms with Gasteiger partial charge in [0.05, 0.1) is 19.2 Å². The van der Waals surface area contributed by atoms with Crippen LogP contribution >= 0.6 is 0 Å². The minimum atomic E-state index is -0.530. The topological polar surface area (TPSA) is 65.4 Å². The van der Waals surface area contributed by atoms with Gasteiger partial charge in [0, 0.05) is 17.3 Å². The lowest BCUT2D eigenvalue weighted by Gasteiger charge is -2.19. The number of carbonyl (C=O) groups excluding carboxylic acids is 1. The van der Waals surface area contributed by atoms with Crippen LogP contribution in [-0.2, 0) is 11.3 Å². The first-order chi connectivity index (χ1) is 12.3. The number of hydrogen-bond donors (Lipinski definition) is 1. The normalized spacial score (nSPS) is 11.4. The minimum Gasteiger partial charge on any atom is -0.497 e. The van der Waals surface area contributed by atoms with Crippen molar-refractivity contribution in [3.63, 3.8) is 0 Å². The van der Waals surface area contributed by atoms with Crippen molar-refractivity contribution in [1.29, 1.82) is 0 Å². The van der Waals surface area contributed by atoms with Gasteiger partial charge in [-0.2, -0.15) is 5.10 Å². The number of benzene rings is 2. The maximum absolute atomic E-state index is 11.9. The molecule has 136 valence electrons. The highest BCUT2D eigenvalue weighted by Crippen LogP contribution is 2.20. The van der Waals surface area contributed by atoms with E-state index in [-0.39, 0.29) is 0 Å². The first-order valence-electron chi connectivity index (χ1n) is 8.42. The largest absolute Gasteiger partial charge is 0.497 e. The number of amides is 1. The molecular weight excluding hydrogens is 330 g/mol. The van der Waals surface area contributed by atoms with Crippen molar-refractivity contribution in [2.75, 3.05) is 12.4 Å². The molecule has 0 spiro atoms. The van der Waals surface area contributed by atoms with E-state index in [1.807, 2.05) is 74.1 Å². The minimum absolute atomic E-state index is 0.470. The molecule has 0 aliphatic heterocycles.